The molecule has 2 rings (SSSR count). The van der Waals surface area contributed by atoms with Crippen molar-refractivity contribution >= 4 is 27.7 Å². The fraction of sp³-hybridized carbons (Fsp3) is 0.556. The minimum Gasteiger partial charge on any atom is -0.444 e. The van der Waals surface area contributed by atoms with E-state index in [1.807, 2.05) is 0 Å². The molecule has 1 fully saturated rings. The Kier molecular flexibility index (Phi) is 7.37. The number of hydrogen-bond donors (Lipinski definition) is 2. The molecular weight excluding hydrogens is 416 g/mol. The SMILES string of the molecule is CC(C)(C)OC(=O)NCC(=O)NC1CCN(S(=O)(=O)c2ccc([N+](=O)[O-])cc2)CC1. The molecule has 1 aliphatic heterocycles. The van der Waals surface area contributed by atoms with Gasteiger partial charge < -0.3 is 15.4 Å². The summed E-state index contributed by atoms with van der Waals surface area (Å²) in [4.78, 5) is 33.7. The number of non-ortho nitro benzene ring substituents is 1. The second-order valence-electron chi connectivity index (χ2n) is 7.85. The van der Waals surface area contributed by atoms with Crippen LogP contribution in [0, 0.1) is 10.1 Å². The van der Waals surface area contributed by atoms with Crippen LogP contribution in [0.15, 0.2) is 29.2 Å². The number of nitrogens with zero attached hydrogens (tertiary/aromatic N) is 2. The van der Waals surface area contributed by atoms with E-state index in [1.54, 1.807) is 20.8 Å². The van der Waals surface area contributed by atoms with Gasteiger partial charge >= 0.3 is 6.09 Å². The first-order valence-corrected chi connectivity index (χ1v) is 10.8. The van der Waals surface area contributed by atoms with Crippen molar-refractivity contribution in [3.05, 3.63) is 34.4 Å². The molecule has 0 spiro atoms. The number of nitro groups is 1. The molecule has 0 aliphatic carbocycles. The zero-order valence-electron chi connectivity index (χ0n) is 17.1. The highest BCUT2D eigenvalue weighted by Crippen LogP contribution is 2.22. The third-order valence-electron chi connectivity index (χ3n) is 4.30. The molecule has 1 saturated heterocycles. The first-order chi connectivity index (χ1) is 13.9. The number of sulfonamides is 1. The largest absolute Gasteiger partial charge is 0.444 e. The molecule has 0 aromatic heterocycles. The highest BCUT2D eigenvalue weighted by atomic mass is 32.2. The normalized spacial score (nSPS) is 16.0. The van der Waals surface area contributed by atoms with Gasteiger partial charge in [-0.15, -0.1) is 0 Å². The lowest BCUT2D eigenvalue weighted by Crippen LogP contribution is -2.48. The standard InChI is InChI=1S/C18H26N4O7S/c1-18(2,3)29-17(24)19-12-16(23)20-13-8-10-21(11-9-13)30(27,28)15-6-4-14(5-7-15)22(25)26/h4-7,13H,8-12H2,1-3H3,(H,19,24)(H,20,23). The minimum absolute atomic E-state index is 0.0165. The van der Waals surface area contributed by atoms with Crippen LogP contribution in [0.2, 0.25) is 0 Å². The maximum absolute atomic E-state index is 12.7. The average Bonchev–Trinajstić information content (AvgIpc) is 2.65. The molecular formula is C18H26N4O7S. The van der Waals surface area contributed by atoms with E-state index in [2.05, 4.69) is 10.6 Å². The molecule has 166 valence electrons. The number of alkyl carbamates (subject to hydrolysis) is 1. The number of hydrogen-bond acceptors (Lipinski definition) is 7. The average molecular weight is 442 g/mol. The molecule has 0 atom stereocenters. The molecule has 11 nitrogen and oxygen atoms in total. The fourth-order valence-corrected chi connectivity index (χ4v) is 4.34. The molecule has 12 heteroatoms. The van der Waals surface area contributed by atoms with E-state index >= 15 is 0 Å². The van der Waals surface area contributed by atoms with E-state index in [0.29, 0.717) is 12.8 Å². The lowest BCUT2D eigenvalue weighted by molar-refractivity contribution is -0.384. The number of nitro benzene ring substituents is 1. The van der Waals surface area contributed by atoms with Crippen LogP contribution in [0.3, 0.4) is 0 Å². The van der Waals surface area contributed by atoms with Gasteiger partial charge in [0.05, 0.1) is 9.82 Å². The van der Waals surface area contributed by atoms with Crippen molar-refractivity contribution in [1.29, 1.82) is 0 Å². The predicted molar refractivity (Wildman–Crippen MR) is 107 cm³/mol. The molecule has 1 aliphatic rings. The third-order valence-corrected chi connectivity index (χ3v) is 6.21. The van der Waals surface area contributed by atoms with Gasteiger partial charge in [-0.25, -0.2) is 13.2 Å². The van der Waals surface area contributed by atoms with Crippen LogP contribution in [0.5, 0.6) is 0 Å². The van der Waals surface area contributed by atoms with Crippen LogP contribution in [-0.4, -0.2) is 60.9 Å². The Balaban J connectivity index is 1.83. The summed E-state index contributed by atoms with van der Waals surface area (Å²) < 4.78 is 31.7. The van der Waals surface area contributed by atoms with Crippen molar-refractivity contribution in [3.8, 4) is 0 Å². The minimum atomic E-state index is -3.77. The Morgan fingerprint density at radius 2 is 1.77 bits per heavy atom. The highest BCUT2D eigenvalue weighted by Gasteiger charge is 2.30. The smallest absolute Gasteiger partial charge is 0.408 e. The van der Waals surface area contributed by atoms with Crippen molar-refractivity contribution in [3.63, 3.8) is 0 Å². The molecule has 0 bridgehead atoms. The first-order valence-electron chi connectivity index (χ1n) is 9.39. The summed E-state index contributed by atoms with van der Waals surface area (Å²) in [5, 5.41) is 15.8. The Morgan fingerprint density at radius 3 is 2.27 bits per heavy atom. The molecule has 1 heterocycles. The van der Waals surface area contributed by atoms with Crippen LogP contribution < -0.4 is 10.6 Å². The summed E-state index contributed by atoms with van der Waals surface area (Å²) in [5.41, 5.74) is -0.849. The lowest BCUT2D eigenvalue weighted by atomic mass is 10.1. The van der Waals surface area contributed by atoms with Crippen LogP contribution >= 0.6 is 0 Å². The number of piperidine rings is 1. The van der Waals surface area contributed by atoms with Gasteiger partial charge in [0.15, 0.2) is 0 Å². The third kappa shape index (κ3) is 6.66. The van der Waals surface area contributed by atoms with E-state index < -0.39 is 32.5 Å². The Hall–Kier alpha value is -2.73. The van der Waals surface area contributed by atoms with Gasteiger partial charge in [-0.05, 0) is 45.7 Å². The van der Waals surface area contributed by atoms with Gasteiger partial charge in [-0.1, -0.05) is 0 Å². The van der Waals surface area contributed by atoms with Gasteiger partial charge in [0.2, 0.25) is 15.9 Å². The zero-order valence-corrected chi connectivity index (χ0v) is 17.9. The van der Waals surface area contributed by atoms with Crippen molar-refractivity contribution in [2.45, 2.75) is 50.2 Å². The molecule has 0 saturated carbocycles. The molecule has 0 radical (unpaired) electrons. The molecule has 1 aromatic rings. The Morgan fingerprint density at radius 1 is 1.20 bits per heavy atom. The molecule has 2 N–H and O–H groups in total. The van der Waals surface area contributed by atoms with E-state index in [1.165, 1.54) is 16.4 Å². The van der Waals surface area contributed by atoms with E-state index in [9.17, 15) is 28.1 Å². The highest BCUT2D eigenvalue weighted by molar-refractivity contribution is 7.89. The monoisotopic (exact) mass is 442 g/mol. The second-order valence-corrected chi connectivity index (χ2v) is 9.79. The van der Waals surface area contributed by atoms with Gasteiger partial charge in [0, 0.05) is 31.3 Å². The van der Waals surface area contributed by atoms with Crippen molar-refractivity contribution < 1.29 is 27.7 Å². The van der Waals surface area contributed by atoms with Crippen molar-refractivity contribution in [2.24, 2.45) is 0 Å². The maximum Gasteiger partial charge on any atom is 0.408 e. The second kappa shape index (κ2) is 9.39. The Labute approximate surface area is 175 Å². The molecule has 2 amide bonds. The number of nitrogens with one attached hydrogen (secondary N) is 2. The quantitative estimate of drug-likeness (QED) is 0.499. The summed E-state index contributed by atoms with van der Waals surface area (Å²) in [6.07, 6.45) is 0.121. The van der Waals surface area contributed by atoms with E-state index in [-0.39, 0.29) is 36.3 Å². The first kappa shape index (κ1) is 23.5. The predicted octanol–water partition coefficient (Wildman–Crippen LogP) is 1.39. The summed E-state index contributed by atoms with van der Waals surface area (Å²) in [6, 6.07) is 4.50. The van der Waals surface area contributed by atoms with E-state index in [4.69, 9.17) is 4.74 Å². The molecule has 30 heavy (non-hydrogen) atoms. The Bertz CT molecular complexity index is 886. The van der Waals surface area contributed by atoms with Gasteiger partial charge in [0.1, 0.15) is 12.1 Å². The number of carbonyl (C=O) groups excluding carboxylic acids is 2. The van der Waals surface area contributed by atoms with Crippen LogP contribution in [0.4, 0.5) is 10.5 Å². The zero-order chi connectivity index (χ0) is 22.5. The molecule has 0 unspecified atom stereocenters. The fourth-order valence-electron chi connectivity index (χ4n) is 2.87. The van der Waals surface area contributed by atoms with Gasteiger partial charge in [-0.3, -0.25) is 14.9 Å². The van der Waals surface area contributed by atoms with E-state index in [0.717, 1.165) is 12.1 Å². The van der Waals surface area contributed by atoms with Crippen LogP contribution in [0.1, 0.15) is 33.6 Å². The maximum atomic E-state index is 12.7. The van der Waals surface area contributed by atoms with Crippen LogP contribution in [0.25, 0.3) is 0 Å². The number of carbonyl (C=O) groups is 2. The van der Waals surface area contributed by atoms with Crippen LogP contribution in [-0.2, 0) is 19.6 Å². The molecule has 1 aromatic carbocycles. The van der Waals surface area contributed by atoms with Crippen molar-refractivity contribution in [2.75, 3.05) is 19.6 Å². The number of rotatable bonds is 6. The van der Waals surface area contributed by atoms with Gasteiger partial charge in [0.25, 0.3) is 5.69 Å². The van der Waals surface area contributed by atoms with Gasteiger partial charge in [-0.2, -0.15) is 4.31 Å². The summed E-state index contributed by atoms with van der Waals surface area (Å²) in [5.74, 6) is -0.391. The summed E-state index contributed by atoms with van der Waals surface area (Å²) in [6.45, 7) is 5.30. The summed E-state index contributed by atoms with van der Waals surface area (Å²) in [7, 11) is -3.77. The lowest BCUT2D eigenvalue weighted by Gasteiger charge is -2.31. The topological polar surface area (TPSA) is 148 Å². The summed E-state index contributed by atoms with van der Waals surface area (Å²) >= 11 is 0. The van der Waals surface area contributed by atoms with Crippen molar-refractivity contribution in [1.82, 2.24) is 14.9 Å². The number of amides is 2. The number of benzene rings is 1. The number of ether oxygens (including phenoxy) is 1.